The smallest absolute Gasteiger partial charge is 0.233 e. The van der Waals surface area contributed by atoms with Crippen LogP contribution in [-0.4, -0.2) is 12.5 Å². The van der Waals surface area contributed by atoms with Gasteiger partial charge in [0.05, 0.1) is 11.1 Å². The van der Waals surface area contributed by atoms with Gasteiger partial charge in [-0.3, -0.25) is 4.79 Å². The fourth-order valence-corrected chi connectivity index (χ4v) is 1.38. The number of nitrogen functional groups attached to an aromatic ring is 1. The maximum atomic E-state index is 11.8. The Morgan fingerprint density at radius 1 is 1.47 bits per heavy atom. The van der Waals surface area contributed by atoms with Crippen LogP contribution in [0.5, 0.6) is 5.75 Å². The summed E-state index contributed by atoms with van der Waals surface area (Å²) >= 11 is 0. The highest BCUT2D eigenvalue weighted by Gasteiger charge is 2.32. The summed E-state index contributed by atoms with van der Waals surface area (Å²) in [5, 5.41) is 2.82. The molecule has 2 rings (SSSR count). The van der Waals surface area contributed by atoms with E-state index in [2.05, 4.69) is 5.32 Å². The minimum atomic E-state index is -0.520. The maximum absolute atomic E-state index is 11.8. The van der Waals surface area contributed by atoms with E-state index in [1.54, 1.807) is 18.2 Å². The first-order valence-corrected chi connectivity index (χ1v) is 4.83. The van der Waals surface area contributed by atoms with Crippen LogP contribution in [0.3, 0.4) is 0 Å². The molecule has 0 bridgehead atoms. The number of benzene rings is 1. The first-order valence-electron chi connectivity index (χ1n) is 4.83. The largest absolute Gasteiger partial charge is 0.490 e. The van der Waals surface area contributed by atoms with Gasteiger partial charge in [-0.05, 0) is 26.0 Å². The summed E-state index contributed by atoms with van der Waals surface area (Å²) in [6.45, 7) is 4.05. The van der Waals surface area contributed by atoms with Gasteiger partial charge in [-0.25, -0.2) is 0 Å². The number of fused-ring (bicyclic) bond motifs is 1. The van der Waals surface area contributed by atoms with Crippen molar-refractivity contribution >= 4 is 17.3 Å². The van der Waals surface area contributed by atoms with Crippen LogP contribution in [0.25, 0.3) is 0 Å². The van der Waals surface area contributed by atoms with Crippen LogP contribution in [0, 0.1) is 5.41 Å². The van der Waals surface area contributed by atoms with E-state index in [1.807, 2.05) is 13.8 Å². The molecular weight excluding hydrogens is 192 g/mol. The van der Waals surface area contributed by atoms with Crippen molar-refractivity contribution in [3.05, 3.63) is 18.2 Å². The van der Waals surface area contributed by atoms with Crippen LogP contribution < -0.4 is 15.8 Å². The fraction of sp³-hybridized carbons (Fsp3) is 0.364. The highest BCUT2D eigenvalue weighted by Crippen LogP contribution is 2.33. The molecular formula is C11H14N2O2. The first kappa shape index (κ1) is 9.83. The summed E-state index contributed by atoms with van der Waals surface area (Å²) in [4.78, 5) is 11.8. The van der Waals surface area contributed by atoms with Gasteiger partial charge in [0.1, 0.15) is 12.4 Å². The molecule has 0 atom stereocenters. The van der Waals surface area contributed by atoms with Crippen LogP contribution in [0.15, 0.2) is 18.2 Å². The number of nitrogens with two attached hydrogens (primary N) is 1. The molecule has 0 radical (unpaired) electrons. The Morgan fingerprint density at radius 3 is 2.93 bits per heavy atom. The fourth-order valence-electron chi connectivity index (χ4n) is 1.38. The van der Waals surface area contributed by atoms with Crippen LogP contribution in [-0.2, 0) is 4.79 Å². The molecule has 1 aliphatic rings. The van der Waals surface area contributed by atoms with E-state index >= 15 is 0 Å². The average Bonchev–Trinajstić information content (AvgIpc) is 2.27. The zero-order valence-corrected chi connectivity index (χ0v) is 8.83. The van der Waals surface area contributed by atoms with Gasteiger partial charge in [0.15, 0.2) is 0 Å². The number of ether oxygens (including phenoxy) is 1. The number of rotatable bonds is 0. The van der Waals surface area contributed by atoms with E-state index in [0.29, 0.717) is 23.7 Å². The number of anilines is 2. The second-order valence-electron chi connectivity index (χ2n) is 4.38. The van der Waals surface area contributed by atoms with Crippen molar-refractivity contribution in [3.8, 4) is 5.75 Å². The lowest BCUT2D eigenvalue weighted by Crippen LogP contribution is -2.33. The lowest BCUT2D eigenvalue weighted by atomic mass is 9.94. The Balaban J connectivity index is 2.40. The predicted octanol–water partition coefficient (Wildman–Crippen LogP) is 1.63. The minimum absolute atomic E-state index is 0.0361. The van der Waals surface area contributed by atoms with Gasteiger partial charge in [0, 0.05) is 11.8 Å². The molecule has 3 N–H and O–H groups in total. The molecule has 80 valence electrons. The number of amides is 1. The van der Waals surface area contributed by atoms with Crippen molar-refractivity contribution in [2.24, 2.45) is 5.41 Å². The average molecular weight is 206 g/mol. The molecule has 0 saturated heterocycles. The standard InChI is InChI=1S/C11H14N2O2/c1-11(2)6-15-9-5-7(12)3-4-8(9)13-10(11)14/h3-5H,6,12H2,1-2H3,(H,13,14). The van der Waals surface area contributed by atoms with Crippen molar-refractivity contribution in [1.29, 1.82) is 0 Å². The summed E-state index contributed by atoms with van der Waals surface area (Å²) in [6, 6.07) is 5.21. The third-order valence-corrected chi connectivity index (χ3v) is 2.46. The molecule has 15 heavy (non-hydrogen) atoms. The zero-order valence-electron chi connectivity index (χ0n) is 8.83. The molecule has 1 heterocycles. The third kappa shape index (κ3) is 1.75. The van der Waals surface area contributed by atoms with Crippen molar-refractivity contribution in [2.75, 3.05) is 17.7 Å². The zero-order chi connectivity index (χ0) is 11.1. The number of carbonyl (C=O) groups is 1. The lowest BCUT2D eigenvalue weighted by Gasteiger charge is -2.18. The number of carbonyl (C=O) groups excluding carboxylic acids is 1. The molecule has 4 nitrogen and oxygen atoms in total. The van der Waals surface area contributed by atoms with Gasteiger partial charge in [0.2, 0.25) is 5.91 Å². The second-order valence-corrected chi connectivity index (χ2v) is 4.38. The summed E-state index contributed by atoms with van der Waals surface area (Å²) in [6.07, 6.45) is 0. The number of hydrogen-bond acceptors (Lipinski definition) is 3. The first-order chi connectivity index (χ1) is 6.99. The van der Waals surface area contributed by atoms with E-state index in [9.17, 15) is 4.79 Å². The second kappa shape index (κ2) is 3.15. The van der Waals surface area contributed by atoms with Gasteiger partial charge < -0.3 is 15.8 Å². The highest BCUT2D eigenvalue weighted by molar-refractivity contribution is 5.97. The molecule has 1 aromatic carbocycles. The number of hydrogen-bond donors (Lipinski definition) is 2. The quantitative estimate of drug-likeness (QED) is 0.634. The topological polar surface area (TPSA) is 64.3 Å². The molecule has 0 unspecified atom stereocenters. The molecule has 1 aliphatic heterocycles. The Morgan fingerprint density at radius 2 is 2.20 bits per heavy atom. The van der Waals surface area contributed by atoms with E-state index in [4.69, 9.17) is 10.5 Å². The molecule has 0 saturated carbocycles. The minimum Gasteiger partial charge on any atom is -0.490 e. The van der Waals surface area contributed by atoms with Gasteiger partial charge in [-0.2, -0.15) is 0 Å². The predicted molar refractivity (Wildman–Crippen MR) is 58.8 cm³/mol. The maximum Gasteiger partial charge on any atom is 0.233 e. The Kier molecular flexibility index (Phi) is 2.07. The van der Waals surface area contributed by atoms with Gasteiger partial charge >= 0.3 is 0 Å². The SMILES string of the molecule is CC1(C)COc2cc(N)ccc2NC1=O. The van der Waals surface area contributed by atoms with E-state index in [-0.39, 0.29) is 5.91 Å². The monoisotopic (exact) mass is 206 g/mol. The molecule has 0 spiro atoms. The third-order valence-electron chi connectivity index (χ3n) is 2.46. The number of nitrogens with one attached hydrogen (secondary N) is 1. The summed E-state index contributed by atoms with van der Waals surface area (Å²) in [7, 11) is 0. The van der Waals surface area contributed by atoms with Gasteiger partial charge in [-0.15, -0.1) is 0 Å². The van der Waals surface area contributed by atoms with Crippen molar-refractivity contribution in [3.63, 3.8) is 0 Å². The molecule has 0 aromatic heterocycles. The Labute approximate surface area is 88.4 Å². The molecule has 1 aromatic rings. The van der Waals surface area contributed by atoms with Gasteiger partial charge in [-0.1, -0.05) is 0 Å². The van der Waals surface area contributed by atoms with E-state index in [0.717, 1.165) is 0 Å². The van der Waals surface area contributed by atoms with Crippen LogP contribution in [0.2, 0.25) is 0 Å². The summed E-state index contributed by atoms with van der Waals surface area (Å²) < 4.78 is 5.55. The lowest BCUT2D eigenvalue weighted by molar-refractivity contribution is -0.124. The van der Waals surface area contributed by atoms with Crippen LogP contribution in [0.4, 0.5) is 11.4 Å². The van der Waals surface area contributed by atoms with E-state index < -0.39 is 5.41 Å². The molecule has 0 fully saturated rings. The van der Waals surface area contributed by atoms with Crippen molar-refractivity contribution in [1.82, 2.24) is 0 Å². The summed E-state index contributed by atoms with van der Waals surface area (Å²) in [5.41, 5.74) is 6.43. The van der Waals surface area contributed by atoms with Crippen molar-refractivity contribution in [2.45, 2.75) is 13.8 Å². The van der Waals surface area contributed by atoms with Crippen LogP contribution >= 0.6 is 0 Å². The highest BCUT2D eigenvalue weighted by atomic mass is 16.5. The van der Waals surface area contributed by atoms with E-state index in [1.165, 1.54) is 0 Å². The Bertz CT molecular complexity index is 413. The Hall–Kier alpha value is -1.71. The molecule has 0 aliphatic carbocycles. The summed E-state index contributed by atoms with van der Waals surface area (Å²) in [5.74, 6) is 0.597. The van der Waals surface area contributed by atoms with Gasteiger partial charge in [0.25, 0.3) is 0 Å². The van der Waals surface area contributed by atoms with Crippen molar-refractivity contribution < 1.29 is 9.53 Å². The molecule has 1 amide bonds. The molecule has 4 heteroatoms. The normalized spacial score (nSPS) is 18.4. The van der Waals surface area contributed by atoms with Crippen LogP contribution in [0.1, 0.15) is 13.8 Å².